The summed E-state index contributed by atoms with van der Waals surface area (Å²) in [5, 5.41) is 2.85. The van der Waals surface area contributed by atoms with Crippen LogP contribution in [0.15, 0.2) is 36.5 Å². The van der Waals surface area contributed by atoms with Crippen molar-refractivity contribution < 1.29 is 9.59 Å². The van der Waals surface area contributed by atoms with Crippen LogP contribution in [0.5, 0.6) is 0 Å². The standard InChI is InChI=1S/C20H22N4O2/c1-3-8-17(25)24-13-12-23-14-16(20(26)21-11-4-2)22-19(23)18(24)15-9-6-5-7-10-15/h5-7,9-10,14,18H,4,11-13H2,1-2H3,(H,21,26). The molecule has 0 saturated heterocycles. The van der Waals surface area contributed by atoms with Crippen molar-refractivity contribution in [3.8, 4) is 11.8 Å². The van der Waals surface area contributed by atoms with E-state index >= 15 is 0 Å². The van der Waals surface area contributed by atoms with E-state index < -0.39 is 0 Å². The number of carbonyl (C=O) groups is 2. The molecular formula is C20H22N4O2. The van der Waals surface area contributed by atoms with Crippen molar-refractivity contribution in [3.05, 3.63) is 53.6 Å². The predicted molar refractivity (Wildman–Crippen MR) is 98.3 cm³/mol. The molecule has 0 spiro atoms. The van der Waals surface area contributed by atoms with Crippen molar-refractivity contribution in [1.82, 2.24) is 19.8 Å². The number of hydrogen-bond acceptors (Lipinski definition) is 3. The lowest BCUT2D eigenvalue weighted by atomic mass is 10.0. The van der Waals surface area contributed by atoms with Gasteiger partial charge in [0.25, 0.3) is 11.8 Å². The average Bonchev–Trinajstić information content (AvgIpc) is 3.10. The molecule has 1 aliphatic rings. The number of imidazole rings is 1. The molecule has 0 bridgehead atoms. The second-order valence-corrected chi connectivity index (χ2v) is 6.12. The first-order chi connectivity index (χ1) is 12.7. The summed E-state index contributed by atoms with van der Waals surface area (Å²) in [5.74, 6) is 5.57. The highest BCUT2D eigenvalue weighted by molar-refractivity contribution is 5.94. The summed E-state index contributed by atoms with van der Waals surface area (Å²) in [5.41, 5.74) is 1.33. The highest BCUT2D eigenvalue weighted by Crippen LogP contribution is 2.31. The van der Waals surface area contributed by atoms with Gasteiger partial charge in [-0.15, -0.1) is 0 Å². The third kappa shape index (κ3) is 3.47. The van der Waals surface area contributed by atoms with Crippen molar-refractivity contribution in [2.24, 2.45) is 0 Å². The molecule has 0 fully saturated rings. The molecule has 0 radical (unpaired) electrons. The van der Waals surface area contributed by atoms with Crippen LogP contribution in [0, 0.1) is 11.8 Å². The number of amides is 2. The lowest BCUT2D eigenvalue weighted by Gasteiger charge is -2.35. The van der Waals surface area contributed by atoms with Gasteiger partial charge in [-0.25, -0.2) is 4.98 Å². The molecule has 26 heavy (non-hydrogen) atoms. The Morgan fingerprint density at radius 2 is 2.04 bits per heavy atom. The molecule has 6 nitrogen and oxygen atoms in total. The van der Waals surface area contributed by atoms with Gasteiger partial charge in [-0.05, 0) is 24.8 Å². The van der Waals surface area contributed by atoms with Gasteiger partial charge in [0, 0.05) is 25.8 Å². The molecular weight excluding hydrogens is 328 g/mol. The molecule has 2 aromatic rings. The molecule has 2 heterocycles. The predicted octanol–water partition coefficient (Wildman–Crippen LogP) is 1.98. The van der Waals surface area contributed by atoms with E-state index in [9.17, 15) is 9.59 Å². The molecule has 1 aromatic carbocycles. The lowest BCUT2D eigenvalue weighted by Crippen LogP contribution is -2.42. The number of aromatic nitrogens is 2. The minimum absolute atomic E-state index is 0.188. The smallest absolute Gasteiger partial charge is 0.299 e. The van der Waals surface area contributed by atoms with Crippen LogP contribution in [0.3, 0.4) is 0 Å². The molecule has 2 amide bonds. The summed E-state index contributed by atoms with van der Waals surface area (Å²) in [7, 11) is 0. The Hall–Kier alpha value is -3.07. The van der Waals surface area contributed by atoms with Gasteiger partial charge in [-0.1, -0.05) is 43.2 Å². The Balaban J connectivity index is 2.01. The van der Waals surface area contributed by atoms with Crippen LogP contribution in [0.25, 0.3) is 0 Å². The minimum atomic E-state index is -0.356. The molecule has 6 heteroatoms. The number of benzene rings is 1. The fraction of sp³-hybridized carbons (Fsp3) is 0.350. The van der Waals surface area contributed by atoms with Crippen molar-refractivity contribution in [2.45, 2.75) is 32.9 Å². The Kier molecular flexibility index (Phi) is 5.37. The summed E-state index contributed by atoms with van der Waals surface area (Å²) in [6.45, 7) is 5.37. The van der Waals surface area contributed by atoms with E-state index in [4.69, 9.17) is 0 Å². The van der Waals surface area contributed by atoms with Crippen molar-refractivity contribution in [3.63, 3.8) is 0 Å². The largest absolute Gasteiger partial charge is 0.351 e. The maximum Gasteiger partial charge on any atom is 0.299 e. The molecule has 0 saturated carbocycles. The topological polar surface area (TPSA) is 67.2 Å². The first-order valence-corrected chi connectivity index (χ1v) is 8.79. The molecule has 3 rings (SSSR count). The number of hydrogen-bond donors (Lipinski definition) is 1. The Morgan fingerprint density at radius 3 is 2.73 bits per heavy atom. The fourth-order valence-corrected chi connectivity index (χ4v) is 3.11. The van der Waals surface area contributed by atoms with Crippen LogP contribution in [0.1, 0.15) is 48.2 Å². The molecule has 134 valence electrons. The van der Waals surface area contributed by atoms with Gasteiger partial charge >= 0.3 is 0 Å². The summed E-state index contributed by atoms with van der Waals surface area (Å²) < 4.78 is 1.96. The molecule has 1 aromatic heterocycles. The van der Waals surface area contributed by atoms with E-state index in [1.165, 1.54) is 0 Å². The summed E-state index contributed by atoms with van der Waals surface area (Å²) in [6, 6.07) is 9.36. The van der Waals surface area contributed by atoms with E-state index in [-0.39, 0.29) is 17.9 Å². The molecule has 0 aliphatic carbocycles. The number of carbonyl (C=O) groups excluding carboxylic acids is 2. The number of nitrogens with one attached hydrogen (secondary N) is 1. The van der Waals surface area contributed by atoms with Gasteiger partial charge in [0.15, 0.2) is 0 Å². The van der Waals surface area contributed by atoms with E-state index in [1.54, 1.807) is 18.0 Å². The van der Waals surface area contributed by atoms with Crippen molar-refractivity contribution >= 4 is 11.8 Å². The highest BCUT2D eigenvalue weighted by atomic mass is 16.2. The first kappa shape index (κ1) is 17.7. The normalized spacial score (nSPS) is 15.6. The summed E-state index contributed by atoms with van der Waals surface area (Å²) >= 11 is 0. The zero-order valence-electron chi connectivity index (χ0n) is 15.0. The minimum Gasteiger partial charge on any atom is -0.351 e. The van der Waals surface area contributed by atoms with E-state index in [0.717, 1.165) is 12.0 Å². The van der Waals surface area contributed by atoms with Gasteiger partial charge in [0.05, 0.1) is 0 Å². The van der Waals surface area contributed by atoms with Crippen LogP contribution >= 0.6 is 0 Å². The maximum absolute atomic E-state index is 12.5. The van der Waals surface area contributed by atoms with E-state index in [2.05, 4.69) is 22.1 Å². The SMILES string of the molecule is CC#CC(=O)N1CCn2cc(C(=O)NCCC)nc2C1c1ccccc1. The lowest BCUT2D eigenvalue weighted by molar-refractivity contribution is -0.127. The first-order valence-electron chi connectivity index (χ1n) is 8.79. The fourth-order valence-electron chi connectivity index (χ4n) is 3.11. The second kappa shape index (κ2) is 7.87. The van der Waals surface area contributed by atoms with Gasteiger partial charge in [0.1, 0.15) is 17.6 Å². The summed E-state index contributed by atoms with van der Waals surface area (Å²) in [4.78, 5) is 31.1. The molecule has 1 unspecified atom stereocenters. The third-order valence-corrected chi connectivity index (χ3v) is 4.32. The van der Waals surface area contributed by atoms with Crippen LogP contribution in [0.2, 0.25) is 0 Å². The number of fused-ring (bicyclic) bond motifs is 1. The zero-order chi connectivity index (χ0) is 18.5. The molecule has 1 N–H and O–H groups in total. The average molecular weight is 350 g/mol. The van der Waals surface area contributed by atoms with Crippen LogP contribution in [-0.4, -0.2) is 39.4 Å². The summed E-state index contributed by atoms with van der Waals surface area (Å²) in [6.07, 6.45) is 2.63. The van der Waals surface area contributed by atoms with Crippen LogP contribution < -0.4 is 5.32 Å². The highest BCUT2D eigenvalue weighted by Gasteiger charge is 2.34. The second-order valence-electron chi connectivity index (χ2n) is 6.12. The Morgan fingerprint density at radius 1 is 1.27 bits per heavy atom. The van der Waals surface area contributed by atoms with Gasteiger partial charge in [-0.3, -0.25) is 9.59 Å². The van der Waals surface area contributed by atoms with Gasteiger partial charge in [0.2, 0.25) is 0 Å². The zero-order valence-corrected chi connectivity index (χ0v) is 15.0. The number of rotatable bonds is 4. The maximum atomic E-state index is 12.5. The molecule has 1 atom stereocenters. The van der Waals surface area contributed by atoms with Gasteiger partial charge in [-0.2, -0.15) is 0 Å². The quantitative estimate of drug-likeness (QED) is 0.858. The Labute approximate surface area is 153 Å². The van der Waals surface area contributed by atoms with Crippen molar-refractivity contribution in [1.29, 1.82) is 0 Å². The Bertz CT molecular complexity index is 861. The van der Waals surface area contributed by atoms with E-state index in [1.807, 2.05) is 41.8 Å². The van der Waals surface area contributed by atoms with Crippen LogP contribution in [-0.2, 0) is 11.3 Å². The molecule has 1 aliphatic heterocycles. The third-order valence-electron chi connectivity index (χ3n) is 4.32. The van der Waals surface area contributed by atoms with Gasteiger partial charge < -0.3 is 14.8 Å². The van der Waals surface area contributed by atoms with Crippen LogP contribution in [0.4, 0.5) is 0 Å². The number of nitrogens with zero attached hydrogens (tertiary/aromatic N) is 3. The van der Waals surface area contributed by atoms with Crippen molar-refractivity contribution in [2.75, 3.05) is 13.1 Å². The van der Waals surface area contributed by atoms with E-state index in [0.29, 0.717) is 31.2 Å². The monoisotopic (exact) mass is 350 g/mol.